The van der Waals surface area contributed by atoms with E-state index in [1.165, 1.54) is 38.2 Å². The van der Waals surface area contributed by atoms with Crippen molar-refractivity contribution in [1.29, 1.82) is 0 Å². The van der Waals surface area contributed by atoms with Gasteiger partial charge in [-0.1, -0.05) is 0 Å². The first-order chi connectivity index (χ1) is 7.28. The van der Waals surface area contributed by atoms with Crippen LogP contribution in [0.2, 0.25) is 0 Å². The summed E-state index contributed by atoms with van der Waals surface area (Å²) in [6.07, 6.45) is 5.72. The summed E-state index contributed by atoms with van der Waals surface area (Å²) >= 11 is 1.92. The summed E-state index contributed by atoms with van der Waals surface area (Å²) in [5.74, 6) is 1.24. The summed E-state index contributed by atoms with van der Waals surface area (Å²) in [5.41, 5.74) is 0.497. The van der Waals surface area contributed by atoms with E-state index in [4.69, 9.17) is 0 Å². The number of hydrogen-bond acceptors (Lipinski definition) is 3. The Bertz CT molecular complexity index is 219. The first-order valence-electron chi connectivity index (χ1n) is 5.69. The van der Waals surface area contributed by atoms with E-state index >= 15 is 0 Å². The molecule has 2 aliphatic heterocycles. The maximum absolute atomic E-state index is 10.5. The lowest BCUT2D eigenvalue weighted by Gasteiger charge is -2.52. The van der Waals surface area contributed by atoms with Crippen LogP contribution < -0.4 is 0 Å². The molecule has 0 N–H and O–H groups in total. The summed E-state index contributed by atoms with van der Waals surface area (Å²) in [4.78, 5) is 15.0. The number of carbonyl (C=O) groups excluding carboxylic acids is 1. The van der Waals surface area contributed by atoms with Crippen LogP contribution in [0.25, 0.3) is 0 Å². The van der Waals surface area contributed by atoms with Gasteiger partial charge in [0.25, 0.3) is 0 Å². The van der Waals surface area contributed by atoms with Crippen LogP contribution in [0.4, 0.5) is 0 Å². The molecule has 0 aromatic heterocycles. The van der Waals surface area contributed by atoms with Crippen LogP contribution in [0.3, 0.4) is 0 Å². The molecule has 2 saturated heterocycles. The Hall–Kier alpha value is -0.220. The molecule has 2 aliphatic rings. The maximum Gasteiger partial charge on any atom is 0.209 e. The van der Waals surface area contributed by atoms with Gasteiger partial charge in [-0.15, -0.1) is 0 Å². The Balaban J connectivity index is 1.71. The first kappa shape index (κ1) is 11.3. The van der Waals surface area contributed by atoms with Crippen LogP contribution in [0, 0.1) is 5.41 Å². The van der Waals surface area contributed by atoms with Gasteiger partial charge in [0.1, 0.15) is 0 Å². The van der Waals surface area contributed by atoms with E-state index in [1.54, 1.807) is 0 Å². The van der Waals surface area contributed by atoms with Crippen molar-refractivity contribution in [2.75, 3.05) is 44.7 Å². The molecular formula is C11H20N2OS. The zero-order valence-corrected chi connectivity index (χ0v) is 10.3. The lowest BCUT2D eigenvalue weighted by atomic mass is 9.72. The van der Waals surface area contributed by atoms with Gasteiger partial charge in [0.2, 0.25) is 6.41 Å². The highest BCUT2D eigenvalue weighted by Gasteiger charge is 2.44. The minimum Gasteiger partial charge on any atom is -0.344 e. The van der Waals surface area contributed by atoms with Crippen LogP contribution in [-0.4, -0.2) is 60.9 Å². The van der Waals surface area contributed by atoms with Gasteiger partial charge in [0.05, 0.1) is 0 Å². The Kier molecular flexibility index (Phi) is 3.57. The summed E-state index contributed by atoms with van der Waals surface area (Å²) < 4.78 is 0. The monoisotopic (exact) mass is 228 g/mol. The third kappa shape index (κ3) is 2.48. The molecule has 2 heterocycles. The van der Waals surface area contributed by atoms with Crippen molar-refractivity contribution in [3.63, 3.8) is 0 Å². The Labute approximate surface area is 96.2 Å². The Morgan fingerprint density at radius 1 is 1.33 bits per heavy atom. The van der Waals surface area contributed by atoms with E-state index in [1.807, 2.05) is 16.7 Å². The standard InChI is InChI=1S/C11H20N2OS/c1-15-7-6-12-4-2-11(3-5-12)8-13(9-11)10-14/h10H,2-9H2,1H3. The van der Waals surface area contributed by atoms with E-state index in [0.29, 0.717) is 5.41 Å². The molecule has 0 aromatic carbocycles. The SMILES string of the molecule is CSCCN1CCC2(CC1)CN(C=O)C2. The molecule has 0 bridgehead atoms. The van der Waals surface area contributed by atoms with Crippen LogP contribution in [-0.2, 0) is 4.79 Å². The van der Waals surface area contributed by atoms with E-state index in [9.17, 15) is 4.79 Å². The molecule has 86 valence electrons. The minimum absolute atomic E-state index is 0.497. The van der Waals surface area contributed by atoms with Gasteiger partial charge < -0.3 is 9.80 Å². The second kappa shape index (κ2) is 4.74. The van der Waals surface area contributed by atoms with Crippen molar-refractivity contribution in [2.24, 2.45) is 5.41 Å². The number of thioether (sulfide) groups is 1. The van der Waals surface area contributed by atoms with Crippen LogP contribution in [0.1, 0.15) is 12.8 Å². The number of hydrogen-bond donors (Lipinski definition) is 0. The van der Waals surface area contributed by atoms with Crippen molar-refractivity contribution in [3.8, 4) is 0 Å². The number of rotatable bonds is 4. The highest BCUT2D eigenvalue weighted by molar-refractivity contribution is 7.98. The van der Waals surface area contributed by atoms with E-state index in [-0.39, 0.29) is 0 Å². The van der Waals surface area contributed by atoms with Gasteiger partial charge in [0.15, 0.2) is 0 Å². The lowest BCUT2D eigenvalue weighted by Crippen LogP contribution is -2.59. The van der Waals surface area contributed by atoms with E-state index in [2.05, 4.69) is 11.2 Å². The van der Waals surface area contributed by atoms with Crippen molar-refractivity contribution in [3.05, 3.63) is 0 Å². The number of likely N-dealkylation sites (tertiary alicyclic amines) is 2. The zero-order valence-electron chi connectivity index (χ0n) is 9.45. The number of nitrogens with zero attached hydrogens (tertiary/aromatic N) is 2. The van der Waals surface area contributed by atoms with Gasteiger partial charge in [-0.05, 0) is 32.2 Å². The second-order valence-corrected chi connectivity index (χ2v) is 5.83. The third-order valence-electron chi connectivity index (χ3n) is 3.75. The highest BCUT2D eigenvalue weighted by atomic mass is 32.2. The van der Waals surface area contributed by atoms with Crippen molar-refractivity contribution in [2.45, 2.75) is 12.8 Å². The zero-order chi connectivity index (χ0) is 10.7. The molecule has 0 unspecified atom stereocenters. The second-order valence-electron chi connectivity index (χ2n) is 4.84. The predicted octanol–water partition coefficient (Wildman–Crippen LogP) is 0.904. The Morgan fingerprint density at radius 3 is 2.53 bits per heavy atom. The minimum atomic E-state index is 0.497. The summed E-state index contributed by atoms with van der Waals surface area (Å²) in [7, 11) is 0. The molecule has 0 aromatic rings. The summed E-state index contributed by atoms with van der Waals surface area (Å²) in [6, 6.07) is 0. The average molecular weight is 228 g/mol. The predicted molar refractivity (Wildman–Crippen MR) is 64.1 cm³/mol. The smallest absolute Gasteiger partial charge is 0.209 e. The Morgan fingerprint density at radius 2 is 2.00 bits per heavy atom. The van der Waals surface area contributed by atoms with Crippen molar-refractivity contribution >= 4 is 18.2 Å². The molecule has 1 amide bonds. The number of carbonyl (C=O) groups is 1. The summed E-state index contributed by atoms with van der Waals surface area (Å²) in [5, 5.41) is 0. The molecule has 1 spiro atoms. The fraction of sp³-hybridized carbons (Fsp3) is 0.909. The number of piperidine rings is 1. The van der Waals surface area contributed by atoms with E-state index in [0.717, 1.165) is 19.5 Å². The lowest BCUT2D eigenvalue weighted by molar-refractivity contribution is -0.132. The van der Waals surface area contributed by atoms with Gasteiger partial charge in [-0.25, -0.2) is 0 Å². The molecule has 0 saturated carbocycles. The van der Waals surface area contributed by atoms with Gasteiger partial charge in [-0.2, -0.15) is 11.8 Å². The van der Waals surface area contributed by atoms with Gasteiger partial charge in [-0.3, -0.25) is 4.79 Å². The van der Waals surface area contributed by atoms with Gasteiger partial charge >= 0.3 is 0 Å². The van der Waals surface area contributed by atoms with E-state index < -0.39 is 0 Å². The first-order valence-corrected chi connectivity index (χ1v) is 7.08. The molecule has 2 fully saturated rings. The quantitative estimate of drug-likeness (QED) is 0.668. The highest BCUT2D eigenvalue weighted by Crippen LogP contribution is 2.39. The fourth-order valence-electron chi connectivity index (χ4n) is 2.68. The van der Waals surface area contributed by atoms with Crippen molar-refractivity contribution < 1.29 is 4.79 Å². The molecule has 0 radical (unpaired) electrons. The normalized spacial score (nSPS) is 25.3. The van der Waals surface area contributed by atoms with Crippen LogP contribution in [0.5, 0.6) is 0 Å². The molecule has 2 rings (SSSR count). The fourth-order valence-corrected chi connectivity index (χ4v) is 3.12. The number of amides is 1. The molecule has 0 atom stereocenters. The molecule has 4 heteroatoms. The maximum atomic E-state index is 10.5. The molecular weight excluding hydrogens is 208 g/mol. The van der Waals surface area contributed by atoms with Gasteiger partial charge in [0, 0.05) is 30.8 Å². The summed E-state index contributed by atoms with van der Waals surface area (Å²) in [6.45, 7) is 5.70. The van der Waals surface area contributed by atoms with Crippen molar-refractivity contribution in [1.82, 2.24) is 9.80 Å². The molecule has 3 nitrogen and oxygen atoms in total. The topological polar surface area (TPSA) is 23.6 Å². The van der Waals surface area contributed by atoms with Crippen LogP contribution >= 0.6 is 11.8 Å². The molecule has 15 heavy (non-hydrogen) atoms. The largest absolute Gasteiger partial charge is 0.344 e. The third-order valence-corrected chi connectivity index (χ3v) is 4.35. The average Bonchev–Trinajstić information content (AvgIpc) is 2.24. The molecule has 0 aliphatic carbocycles. The van der Waals surface area contributed by atoms with Crippen LogP contribution in [0.15, 0.2) is 0 Å².